The molecule has 130 valence electrons. The van der Waals surface area contributed by atoms with Gasteiger partial charge in [-0.2, -0.15) is 0 Å². The highest BCUT2D eigenvalue weighted by Crippen LogP contribution is 2.34. The van der Waals surface area contributed by atoms with Gasteiger partial charge in [-0.3, -0.25) is 0 Å². The van der Waals surface area contributed by atoms with Gasteiger partial charge in [0.1, 0.15) is 5.75 Å². The molecule has 0 saturated carbocycles. The SMILES string of the molecule is COc1cc(OC)c(OC)cc1CNS(=O)(=O)c1ccc(Br)cc1. The van der Waals surface area contributed by atoms with E-state index in [0.29, 0.717) is 22.8 Å². The van der Waals surface area contributed by atoms with Crippen LogP contribution in [0.25, 0.3) is 0 Å². The van der Waals surface area contributed by atoms with Crippen LogP contribution in [0.1, 0.15) is 5.56 Å². The number of nitrogens with one attached hydrogen (secondary N) is 1. The summed E-state index contributed by atoms with van der Waals surface area (Å²) in [7, 11) is 0.909. The molecule has 0 saturated heterocycles. The molecule has 0 atom stereocenters. The average Bonchev–Trinajstić information content (AvgIpc) is 2.59. The Kier molecular flexibility index (Phi) is 6.09. The second kappa shape index (κ2) is 7.87. The molecule has 0 heterocycles. The minimum absolute atomic E-state index is 0.0575. The summed E-state index contributed by atoms with van der Waals surface area (Å²) in [6, 6.07) is 9.73. The van der Waals surface area contributed by atoms with Crippen LogP contribution in [0.15, 0.2) is 45.8 Å². The van der Waals surface area contributed by atoms with Crippen molar-refractivity contribution in [2.24, 2.45) is 0 Å². The molecule has 8 heteroatoms. The third-order valence-corrected chi connectivity index (χ3v) is 5.31. The fourth-order valence-electron chi connectivity index (χ4n) is 2.10. The van der Waals surface area contributed by atoms with Crippen molar-refractivity contribution < 1.29 is 22.6 Å². The van der Waals surface area contributed by atoms with Crippen molar-refractivity contribution in [2.75, 3.05) is 21.3 Å². The first kappa shape index (κ1) is 18.6. The van der Waals surface area contributed by atoms with Crippen LogP contribution >= 0.6 is 15.9 Å². The van der Waals surface area contributed by atoms with Crippen LogP contribution in [0, 0.1) is 0 Å². The molecule has 0 aliphatic carbocycles. The van der Waals surface area contributed by atoms with Crippen LogP contribution in [0.5, 0.6) is 17.2 Å². The van der Waals surface area contributed by atoms with Gasteiger partial charge >= 0.3 is 0 Å². The Morgan fingerprint density at radius 1 is 0.917 bits per heavy atom. The zero-order valence-corrected chi connectivity index (χ0v) is 15.9. The summed E-state index contributed by atoms with van der Waals surface area (Å²) in [5.41, 5.74) is 0.635. The van der Waals surface area contributed by atoms with Crippen molar-refractivity contribution in [2.45, 2.75) is 11.4 Å². The molecule has 0 radical (unpaired) electrons. The lowest BCUT2D eigenvalue weighted by molar-refractivity contribution is 0.347. The Balaban J connectivity index is 2.26. The molecule has 6 nitrogen and oxygen atoms in total. The van der Waals surface area contributed by atoms with Gasteiger partial charge in [-0.25, -0.2) is 13.1 Å². The van der Waals surface area contributed by atoms with Gasteiger partial charge in [-0.05, 0) is 30.3 Å². The first-order valence-corrected chi connectivity index (χ1v) is 9.23. The fraction of sp³-hybridized carbons (Fsp3) is 0.250. The molecule has 1 N–H and O–H groups in total. The maximum absolute atomic E-state index is 12.4. The minimum atomic E-state index is -3.63. The number of hydrogen-bond donors (Lipinski definition) is 1. The summed E-state index contributed by atoms with van der Waals surface area (Å²) in [5.74, 6) is 1.51. The third kappa shape index (κ3) is 4.19. The zero-order chi connectivity index (χ0) is 17.7. The first-order chi connectivity index (χ1) is 11.4. The van der Waals surface area contributed by atoms with Crippen LogP contribution in [-0.2, 0) is 16.6 Å². The molecule has 0 fully saturated rings. The van der Waals surface area contributed by atoms with E-state index in [0.717, 1.165) is 4.47 Å². The van der Waals surface area contributed by atoms with Gasteiger partial charge in [0, 0.05) is 22.6 Å². The molecule has 24 heavy (non-hydrogen) atoms. The van der Waals surface area contributed by atoms with E-state index in [4.69, 9.17) is 14.2 Å². The van der Waals surface area contributed by atoms with Gasteiger partial charge in [0.25, 0.3) is 0 Å². The van der Waals surface area contributed by atoms with Gasteiger partial charge in [0.2, 0.25) is 10.0 Å². The van der Waals surface area contributed by atoms with E-state index >= 15 is 0 Å². The second-order valence-electron chi connectivity index (χ2n) is 4.80. The van der Waals surface area contributed by atoms with E-state index in [1.54, 1.807) is 24.3 Å². The van der Waals surface area contributed by atoms with E-state index in [-0.39, 0.29) is 11.4 Å². The maximum atomic E-state index is 12.4. The highest BCUT2D eigenvalue weighted by molar-refractivity contribution is 9.10. The number of sulfonamides is 1. The van der Waals surface area contributed by atoms with E-state index in [2.05, 4.69) is 20.7 Å². The van der Waals surface area contributed by atoms with Crippen LogP contribution < -0.4 is 18.9 Å². The number of halogens is 1. The van der Waals surface area contributed by atoms with Crippen molar-refractivity contribution in [1.82, 2.24) is 4.72 Å². The molecule has 0 aromatic heterocycles. The molecule has 0 aliphatic heterocycles. The molecular formula is C16H18BrNO5S. The highest BCUT2D eigenvalue weighted by Gasteiger charge is 2.17. The second-order valence-corrected chi connectivity index (χ2v) is 7.48. The molecule has 0 unspecified atom stereocenters. The fourth-order valence-corrected chi connectivity index (χ4v) is 3.37. The number of methoxy groups -OCH3 is 3. The predicted molar refractivity (Wildman–Crippen MR) is 94.3 cm³/mol. The van der Waals surface area contributed by atoms with E-state index < -0.39 is 10.0 Å². The summed E-state index contributed by atoms with van der Waals surface area (Å²) >= 11 is 3.28. The molecule has 0 spiro atoms. The monoisotopic (exact) mass is 415 g/mol. The van der Waals surface area contributed by atoms with Gasteiger partial charge in [-0.15, -0.1) is 0 Å². The predicted octanol–water partition coefficient (Wildman–Crippen LogP) is 2.95. The summed E-state index contributed by atoms with van der Waals surface area (Å²) < 4.78 is 43.9. The van der Waals surface area contributed by atoms with Crippen LogP contribution in [0.4, 0.5) is 0 Å². The summed E-state index contributed by atoms with van der Waals surface area (Å²) in [6.45, 7) is 0.0575. The highest BCUT2D eigenvalue weighted by atomic mass is 79.9. The Labute approximate surface area is 149 Å². The Bertz CT molecular complexity index is 806. The van der Waals surface area contributed by atoms with Crippen molar-refractivity contribution in [1.29, 1.82) is 0 Å². The van der Waals surface area contributed by atoms with E-state index in [1.165, 1.54) is 33.5 Å². The molecule has 2 rings (SSSR count). The zero-order valence-electron chi connectivity index (χ0n) is 13.5. The largest absolute Gasteiger partial charge is 0.496 e. The molecular weight excluding hydrogens is 398 g/mol. The third-order valence-electron chi connectivity index (χ3n) is 3.36. The van der Waals surface area contributed by atoms with Gasteiger partial charge in [0.15, 0.2) is 11.5 Å². The van der Waals surface area contributed by atoms with E-state index in [9.17, 15) is 8.42 Å². The summed E-state index contributed by atoms with van der Waals surface area (Å²) in [6.07, 6.45) is 0. The van der Waals surface area contributed by atoms with Crippen molar-refractivity contribution in [3.05, 3.63) is 46.4 Å². The molecule has 2 aromatic carbocycles. The maximum Gasteiger partial charge on any atom is 0.240 e. The topological polar surface area (TPSA) is 73.9 Å². The van der Waals surface area contributed by atoms with Gasteiger partial charge in [-0.1, -0.05) is 15.9 Å². The minimum Gasteiger partial charge on any atom is -0.496 e. The Hall–Kier alpha value is -1.77. The lowest BCUT2D eigenvalue weighted by Crippen LogP contribution is -2.23. The average molecular weight is 416 g/mol. The number of benzene rings is 2. The van der Waals surface area contributed by atoms with Crippen molar-refractivity contribution >= 4 is 26.0 Å². The standard InChI is InChI=1S/C16H18BrNO5S/c1-21-14-9-16(23-3)15(22-2)8-11(14)10-18-24(19,20)13-6-4-12(17)5-7-13/h4-9,18H,10H2,1-3H3. The molecule has 0 aliphatic rings. The Morgan fingerprint density at radius 2 is 1.46 bits per heavy atom. The van der Waals surface area contributed by atoms with Crippen LogP contribution in [-0.4, -0.2) is 29.7 Å². The van der Waals surface area contributed by atoms with Gasteiger partial charge < -0.3 is 14.2 Å². The molecule has 2 aromatic rings. The normalized spacial score (nSPS) is 11.2. The summed E-state index contributed by atoms with van der Waals surface area (Å²) in [5, 5.41) is 0. The van der Waals surface area contributed by atoms with Gasteiger partial charge in [0.05, 0.1) is 26.2 Å². The van der Waals surface area contributed by atoms with Crippen molar-refractivity contribution in [3.63, 3.8) is 0 Å². The quantitative estimate of drug-likeness (QED) is 0.752. The lowest BCUT2D eigenvalue weighted by Gasteiger charge is -2.14. The smallest absolute Gasteiger partial charge is 0.240 e. The Morgan fingerprint density at radius 3 is 2.00 bits per heavy atom. The number of rotatable bonds is 7. The van der Waals surface area contributed by atoms with E-state index in [1.807, 2.05) is 0 Å². The molecule has 0 amide bonds. The van der Waals surface area contributed by atoms with Crippen LogP contribution in [0.2, 0.25) is 0 Å². The van der Waals surface area contributed by atoms with Crippen molar-refractivity contribution in [3.8, 4) is 17.2 Å². The number of hydrogen-bond acceptors (Lipinski definition) is 5. The number of ether oxygens (including phenoxy) is 3. The first-order valence-electron chi connectivity index (χ1n) is 6.95. The van der Waals surface area contributed by atoms with Crippen LogP contribution in [0.3, 0.4) is 0 Å². The molecule has 0 bridgehead atoms. The summed E-state index contributed by atoms with van der Waals surface area (Å²) in [4.78, 5) is 0.185. The lowest BCUT2D eigenvalue weighted by atomic mass is 10.1.